The Labute approximate surface area is 105 Å². The quantitative estimate of drug-likeness (QED) is 0.458. The summed E-state index contributed by atoms with van der Waals surface area (Å²) in [5.74, 6) is 2.52. The van der Waals surface area contributed by atoms with Gasteiger partial charge in [0.2, 0.25) is 0 Å². The van der Waals surface area contributed by atoms with Crippen LogP contribution in [0.15, 0.2) is 23.1 Å². The third kappa shape index (κ3) is 3.16. The van der Waals surface area contributed by atoms with Crippen LogP contribution in [-0.4, -0.2) is 24.7 Å². The van der Waals surface area contributed by atoms with Crippen molar-refractivity contribution >= 4 is 18.0 Å². The van der Waals surface area contributed by atoms with Crippen LogP contribution in [0.3, 0.4) is 0 Å². The molecular formula is C13H16O3S. The number of hydrogen-bond donors (Lipinski definition) is 0. The lowest BCUT2D eigenvalue weighted by Crippen LogP contribution is -2.30. The summed E-state index contributed by atoms with van der Waals surface area (Å²) in [6.45, 7) is 2.49. The fourth-order valence-electron chi connectivity index (χ4n) is 1.56. The molecule has 0 amide bonds. The molecule has 1 aliphatic rings. The molecule has 0 radical (unpaired) electrons. The number of rotatable bonds is 5. The summed E-state index contributed by atoms with van der Waals surface area (Å²) in [5, 5.41) is 0. The van der Waals surface area contributed by atoms with Gasteiger partial charge in [-0.25, -0.2) is 0 Å². The fourth-order valence-corrected chi connectivity index (χ4v) is 2.58. The number of unbranched alkanes of at least 4 members (excludes halogenated alkanes) is 1. The van der Waals surface area contributed by atoms with Crippen molar-refractivity contribution in [3.8, 4) is 11.5 Å². The Kier molecular flexibility index (Phi) is 4.31. The molecule has 1 atom stereocenters. The zero-order valence-corrected chi connectivity index (χ0v) is 10.7. The van der Waals surface area contributed by atoms with Gasteiger partial charge in [0.05, 0.1) is 0 Å². The lowest BCUT2D eigenvalue weighted by Gasteiger charge is -2.23. The Bertz CT molecular complexity index is 392. The molecule has 1 unspecified atom stereocenters. The molecule has 0 aromatic heterocycles. The molecule has 92 valence electrons. The molecule has 0 saturated heterocycles. The van der Waals surface area contributed by atoms with Crippen molar-refractivity contribution in [2.24, 2.45) is 0 Å². The Balaban J connectivity index is 2.02. The van der Waals surface area contributed by atoms with Crippen LogP contribution in [0, 0.1) is 0 Å². The topological polar surface area (TPSA) is 35.5 Å². The van der Waals surface area contributed by atoms with Gasteiger partial charge in [0.25, 0.3) is 0 Å². The molecule has 0 spiro atoms. The van der Waals surface area contributed by atoms with Gasteiger partial charge in [0.15, 0.2) is 23.9 Å². The molecule has 1 aromatic rings. The summed E-state index contributed by atoms with van der Waals surface area (Å²) >= 11 is 1.82. The maximum absolute atomic E-state index is 10.6. The number of aldehydes is 1. The van der Waals surface area contributed by atoms with E-state index in [0.29, 0.717) is 12.4 Å². The number of benzene rings is 1. The standard InChI is InChI=1S/C13H16O3S/c1-2-3-6-17-11-4-5-12-13(7-11)15-9-10(8-14)16-12/h4-5,7-8,10H,2-3,6,9H2,1H3. The van der Waals surface area contributed by atoms with E-state index in [2.05, 4.69) is 6.92 Å². The van der Waals surface area contributed by atoms with E-state index in [1.807, 2.05) is 30.0 Å². The normalized spacial score (nSPS) is 17.8. The molecule has 17 heavy (non-hydrogen) atoms. The summed E-state index contributed by atoms with van der Waals surface area (Å²) in [7, 11) is 0. The van der Waals surface area contributed by atoms with E-state index in [1.54, 1.807) is 0 Å². The Morgan fingerprint density at radius 2 is 2.35 bits per heavy atom. The summed E-state index contributed by atoms with van der Waals surface area (Å²) < 4.78 is 11.0. The molecular weight excluding hydrogens is 236 g/mol. The Hall–Kier alpha value is -1.16. The molecule has 1 heterocycles. The second kappa shape index (κ2) is 5.96. The third-order valence-corrected chi connectivity index (χ3v) is 3.60. The molecule has 3 nitrogen and oxygen atoms in total. The number of hydrogen-bond acceptors (Lipinski definition) is 4. The number of carbonyl (C=O) groups is 1. The molecule has 1 aromatic carbocycles. The zero-order valence-electron chi connectivity index (χ0n) is 9.85. The highest BCUT2D eigenvalue weighted by atomic mass is 32.2. The zero-order chi connectivity index (χ0) is 12.1. The average Bonchev–Trinajstić information content (AvgIpc) is 2.38. The summed E-state index contributed by atoms with van der Waals surface area (Å²) in [4.78, 5) is 11.8. The van der Waals surface area contributed by atoms with Crippen LogP contribution in [0.1, 0.15) is 19.8 Å². The van der Waals surface area contributed by atoms with E-state index < -0.39 is 6.10 Å². The predicted octanol–water partition coefficient (Wildman–Crippen LogP) is 2.92. The summed E-state index contributed by atoms with van der Waals surface area (Å²) in [6, 6.07) is 5.87. The average molecular weight is 252 g/mol. The van der Waals surface area contributed by atoms with Crippen LogP contribution in [0.5, 0.6) is 11.5 Å². The molecule has 0 bridgehead atoms. The molecule has 0 fully saturated rings. The first-order valence-electron chi connectivity index (χ1n) is 5.85. The van der Waals surface area contributed by atoms with Crippen molar-refractivity contribution in [3.05, 3.63) is 18.2 Å². The van der Waals surface area contributed by atoms with E-state index in [9.17, 15) is 4.79 Å². The monoisotopic (exact) mass is 252 g/mol. The van der Waals surface area contributed by atoms with E-state index in [-0.39, 0.29) is 0 Å². The maximum Gasteiger partial charge on any atom is 0.187 e. The maximum atomic E-state index is 10.6. The second-order valence-corrected chi connectivity index (χ2v) is 5.08. The Morgan fingerprint density at radius 3 is 3.12 bits per heavy atom. The molecule has 0 aliphatic carbocycles. The van der Waals surface area contributed by atoms with Gasteiger partial charge in [-0.05, 0) is 30.4 Å². The van der Waals surface area contributed by atoms with Gasteiger partial charge in [0.1, 0.15) is 6.61 Å². The lowest BCUT2D eigenvalue weighted by molar-refractivity contribution is -0.115. The van der Waals surface area contributed by atoms with Gasteiger partial charge in [0, 0.05) is 4.90 Å². The lowest BCUT2D eigenvalue weighted by atomic mass is 10.3. The highest BCUT2D eigenvalue weighted by Gasteiger charge is 2.20. The van der Waals surface area contributed by atoms with Crippen molar-refractivity contribution in [2.45, 2.75) is 30.8 Å². The van der Waals surface area contributed by atoms with Crippen molar-refractivity contribution in [1.29, 1.82) is 0 Å². The minimum absolute atomic E-state index is 0.305. The van der Waals surface area contributed by atoms with Gasteiger partial charge in [-0.2, -0.15) is 0 Å². The third-order valence-electron chi connectivity index (χ3n) is 2.52. The second-order valence-electron chi connectivity index (χ2n) is 3.91. The number of ether oxygens (including phenoxy) is 2. The van der Waals surface area contributed by atoms with Gasteiger partial charge >= 0.3 is 0 Å². The first kappa shape index (κ1) is 12.3. The molecule has 2 rings (SSSR count). The molecule has 1 aliphatic heterocycles. The van der Waals surface area contributed by atoms with Crippen molar-refractivity contribution in [2.75, 3.05) is 12.4 Å². The van der Waals surface area contributed by atoms with Gasteiger partial charge in [-0.15, -0.1) is 11.8 Å². The highest BCUT2D eigenvalue weighted by molar-refractivity contribution is 7.99. The van der Waals surface area contributed by atoms with Crippen LogP contribution in [0.4, 0.5) is 0 Å². The minimum Gasteiger partial charge on any atom is -0.485 e. The van der Waals surface area contributed by atoms with Crippen LogP contribution < -0.4 is 9.47 Å². The molecule has 4 heteroatoms. The molecule has 0 saturated carbocycles. The van der Waals surface area contributed by atoms with Crippen LogP contribution in [-0.2, 0) is 4.79 Å². The minimum atomic E-state index is -0.471. The van der Waals surface area contributed by atoms with Gasteiger partial charge in [-0.3, -0.25) is 4.79 Å². The van der Waals surface area contributed by atoms with Crippen molar-refractivity contribution in [1.82, 2.24) is 0 Å². The summed E-state index contributed by atoms with van der Waals surface area (Å²) in [6.07, 6.45) is 2.72. The van der Waals surface area contributed by atoms with Gasteiger partial charge in [-0.1, -0.05) is 13.3 Å². The molecule has 0 N–H and O–H groups in total. The summed E-state index contributed by atoms with van der Waals surface area (Å²) in [5.41, 5.74) is 0. The first-order valence-corrected chi connectivity index (χ1v) is 6.83. The van der Waals surface area contributed by atoms with E-state index >= 15 is 0 Å². The van der Waals surface area contributed by atoms with E-state index in [1.165, 1.54) is 17.7 Å². The van der Waals surface area contributed by atoms with Crippen molar-refractivity contribution in [3.63, 3.8) is 0 Å². The van der Waals surface area contributed by atoms with Gasteiger partial charge < -0.3 is 9.47 Å². The van der Waals surface area contributed by atoms with Crippen LogP contribution >= 0.6 is 11.8 Å². The number of fused-ring (bicyclic) bond motifs is 1. The number of carbonyl (C=O) groups excluding carboxylic acids is 1. The van der Waals surface area contributed by atoms with Crippen LogP contribution in [0.25, 0.3) is 0 Å². The van der Waals surface area contributed by atoms with E-state index in [4.69, 9.17) is 9.47 Å². The predicted molar refractivity (Wildman–Crippen MR) is 68.0 cm³/mol. The first-order chi connectivity index (χ1) is 8.33. The van der Waals surface area contributed by atoms with Crippen LogP contribution in [0.2, 0.25) is 0 Å². The SMILES string of the molecule is CCCCSc1ccc2c(c1)OCC(C=O)O2. The largest absolute Gasteiger partial charge is 0.485 e. The smallest absolute Gasteiger partial charge is 0.187 e. The highest BCUT2D eigenvalue weighted by Crippen LogP contribution is 2.35. The Morgan fingerprint density at radius 1 is 1.47 bits per heavy atom. The van der Waals surface area contributed by atoms with Crippen molar-refractivity contribution < 1.29 is 14.3 Å². The fraction of sp³-hybridized carbons (Fsp3) is 0.462. The number of thioether (sulfide) groups is 1. The van der Waals surface area contributed by atoms with E-state index in [0.717, 1.165) is 17.8 Å².